The van der Waals surface area contributed by atoms with E-state index < -0.39 is 0 Å². The second kappa shape index (κ2) is 2.88. The van der Waals surface area contributed by atoms with Crippen molar-refractivity contribution < 1.29 is 0 Å². The van der Waals surface area contributed by atoms with Gasteiger partial charge in [0.1, 0.15) is 0 Å². The summed E-state index contributed by atoms with van der Waals surface area (Å²) in [5, 5.41) is 0.874. The highest BCUT2D eigenvalue weighted by atomic mass is 35.5. The molecule has 0 aromatic heterocycles. The Hall–Kier alpha value is -0.730. The van der Waals surface area contributed by atoms with Gasteiger partial charge in [0.15, 0.2) is 0 Å². The van der Waals surface area contributed by atoms with Gasteiger partial charge in [-0.05, 0) is 24.5 Å². The molecule has 2 nitrogen and oxygen atoms in total. The molecule has 1 aromatic carbocycles. The van der Waals surface area contributed by atoms with Crippen LogP contribution in [0.2, 0.25) is 5.02 Å². The summed E-state index contributed by atoms with van der Waals surface area (Å²) in [6.45, 7) is 1.06. The van der Waals surface area contributed by atoms with E-state index in [0.717, 1.165) is 24.4 Å². The molecule has 1 fully saturated rings. The van der Waals surface area contributed by atoms with Crippen molar-refractivity contribution in [3.63, 3.8) is 0 Å². The number of nitrogens with zero attached hydrogens (tertiary/aromatic N) is 1. The van der Waals surface area contributed by atoms with Crippen LogP contribution in [0.1, 0.15) is 12.0 Å². The van der Waals surface area contributed by atoms with Gasteiger partial charge in [0, 0.05) is 18.6 Å². The molecule has 0 bridgehead atoms. The fraction of sp³-hybridized carbons (Fsp3) is 0.455. The molecule has 1 aromatic rings. The molecule has 2 unspecified atom stereocenters. The predicted octanol–water partition coefficient (Wildman–Crippen LogP) is 1.80. The quantitative estimate of drug-likeness (QED) is 0.705. The van der Waals surface area contributed by atoms with Crippen LogP contribution in [-0.4, -0.2) is 18.6 Å². The number of nitrogens with two attached hydrogens (primary N) is 1. The highest BCUT2D eigenvalue weighted by Gasteiger charge is 2.38. The number of hydrogen-bond acceptors (Lipinski definition) is 2. The molecule has 2 aliphatic rings. The van der Waals surface area contributed by atoms with Gasteiger partial charge in [-0.15, -0.1) is 0 Å². The Morgan fingerprint density at radius 3 is 3.14 bits per heavy atom. The second-order valence-electron chi connectivity index (χ2n) is 4.16. The van der Waals surface area contributed by atoms with Crippen LogP contribution in [0.15, 0.2) is 18.2 Å². The molecule has 74 valence electrons. The number of anilines is 1. The molecule has 2 heterocycles. The molecular weight excluding hydrogens is 196 g/mol. The minimum absolute atomic E-state index is 0.318. The van der Waals surface area contributed by atoms with Gasteiger partial charge in [-0.3, -0.25) is 0 Å². The minimum atomic E-state index is 0.318. The third-order valence-electron chi connectivity index (χ3n) is 3.38. The van der Waals surface area contributed by atoms with Gasteiger partial charge in [0.25, 0.3) is 0 Å². The standard InChI is InChI=1S/C11H13ClN2/c12-8-3-1-2-7-6-10-9(13)4-5-14(10)11(7)8/h1-3,9-10H,4-6,13H2. The van der Waals surface area contributed by atoms with E-state index in [1.54, 1.807) is 0 Å². The van der Waals surface area contributed by atoms with Gasteiger partial charge in [-0.25, -0.2) is 0 Å². The van der Waals surface area contributed by atoms with Crippen LogP contribution in [0.3, 0.4) is 0 Å². The van der Waals surface area contributed by atoms with Gasteiger partial charge < -0.3 is 10.6 Å². The van der Waals surface area contributed by atoms with Crippen LogP contribution in [-0.2, 0) is 6.42 Å². The van der Waals surface area contributed by atoms with Gasteiger partial charge in [-0.1, -0.05) is 23.7 Å². The Morgan fingerprint density at radius 2 is 2.29 bits per heavy atom. The lowest BCUT2D eigenvalue weighted by Gasteiger charge is -2.21. The zero-order chi connectivity index (χ0) is 9.71. The SMILES string of the molecule is NC1CCN2c3c(Cl)cccc3CC12. The lowest BCUT2D eigenvalue weighted by atomic mass is 10.0. The summed E-state index contributed by atoms with van der Waals surface area (Å²) < 4.78 is 0. The normalized spacial score (nSPS) is 29.1. The van der Waals surface area contributed by atoms with Crippen LogP contribution < -0.4 is 10.6 Å². The van der Waals surface area contributed by atoms with Crippen molar-refractivity contribution in [2.45, 2.75) is 24.9 Å². The first-order valence-electron chi connectivity index (χ1n) is 5.07. The van der Waals surface area contributed by atoms with E-state index in [-0.39, 0.29) is 0 Å². The van der Waals surface area contributed by atoms with Crippen molar-refractivity contribution in [3.8, 4) is 0 Å². The number of fused-ring (bicyclic) bond motifs is 3. The van der Waals surface area contributed by atoms with Crippen molar-refractivity contribution in [2.24, 2.45) is 5.73 Å². The number of hydrogen-bond donors (Lipinski definition) is 1. The third-order valence-corrected chi connectivity index (χ3v) is 3.69. The third kappa shape index (κ3) is 1.01. The van der Waals surface area contributed by atoms with Crippen LogP contribution in [0.4, 0.5) is 5.69 Å². The van der Waals surface area contributed by atoms with E-state index in [1.165, 1.54) is 11.3 Å². The summed E-state index contributed by atoms with van der Waals surface area (Å²) in [4.78, 5) is 2.38. The van der Waals surface area contributed by atoms with E-state index in [9.17, 15) is 0 Å². The zero-order valence-corrected chi connectivity index (χ0v) is 8.67. The van der Waals surface area contributed by atoms with Crippen LogP contribution >= 0.6 is 11.6 Å². The Balaban J connectivity index is 2.09. The number of benzene rings is 1. The Bertz CT molecular complexity index is 378. The molecule has 0 aliphatic carbocycles. The molecule has 0 amide bonds. The second-order valence-corrected chi connectivity index (χ2v) is 4.57. The van der Waals surface area contributed by atoms with Crippen LogP contribution in [0.5, 0.6) is 0 Å². The first-order chi connectivity index (χ1) is 6.77. The van der Waals surface area contributed by atoms with E-state index in [0.29, 0.717) is 12.1 Å². The molecule has 1 saturated heterocycles. The van der Waals surface area contributed by atoms with Crippen LogP contribution in [0, 0.1) is 0 Å². The molecule has 14 heavy (non-hydrogen) atoms. The molecule has 0 radical (unpaired) electrons. The van der Waals surface area contributed by atoms with Crippen molar-refractivity contribution in [3.05, 3.63) is 28.8 Å². The van der Waals surface area contributed by atoms with Crippen molar-refractivity contribution in [1.29, 1.82) is 0 Å². The number of halogens is 1. The first kappa shape index (κ1) is 8.57. The van der Waals surface area contributed by atoms with Gasteiger partial charge >= 0.3 is 0 Å². The molecule has 2 atom stereocenters. The van der Waals surface area contributed by atoms with Gasteiger partial charge in [0.05, 0.1) is 10.7 Å². The highest BCUT2D eigenvalue weighted by molar-refractivity contribution is 6.33. The maximum absolute atomic E-state index is 6.20. The topological polar surface area (TPSA) is 29.3 Å². The van der Waals surface area contributed by atoms with Gasteiger partial charge in [0.2, 0.25) is 0 Å². The van der Waals surface area contributed by atoms with E-state index in [4.69, 9.17) is 17.3 Å². The molecule has 3 heteroatoms. The smallest absolute Gasteiger partial charge is 0.0642 e. The molecule has 0 saturated carbocycles. The van der Waals surface area contributed by atoms with E-state index in [1.807, 2.05) is 12.1 Å². The number of rotatable bonds is 0. The molecule has 2 aliphatic heterocycles. The molecule has 3 rings (SSSR count). The maximum atomic E-state index is 6.20. The average Bonchev–Trinajstić information content (AvgIpc) is 2.68. The summed E-state index contributed by atoms with van der Waals surface area (Å²) in [5.41, 5.74) is 8.65. The lowest BCUT2D eigenvalue weighted by Crippen LogP contribution is -2.37. The zero-order valence-electron chi connectivity index (χ0n) is 7.91. The molecule has 2 N–H and O–H groups in total. The minimum Gasteiger partial charge on any atom is -0.365 e. The van der Waals surface area contributed by atoms with Crippen molar-refractivity contribution in [1.82, 2.24) is 0 Å². The van der Waals surface area contributed by atoms with E-state index in [2.05, 4.69) is 11.0 Å². The lowest BCUT2D eigenvalue weighted by molar-refractivity contribution is 0.600. The van der Waals surface area contributed by atoms with Gasteiger partial charge in [-0.2, -0.15) is 0 Å². The molecular formula is C11H13ClN2. The Morgan fingerprint density at radius 1 is 1.43 bits per heavy atom. The summed E-state index contributed by atoms with van der Waals surface area (Å²) in [6, 6.07) is 6.96. The summed E-state index contributed by atoms with van der Waals surface area (Å²) in [5.74, 6) is 0. The largest absolute Gasteiger partial charge is 0.365 e. The Labute approximate surface area is 88.6 Å². The van der Waals surface area contributed by atoms with Crippen molar-refractivity contribution >= 4 is 17.3 Å². The summed E-state index contributed by atoms with van der Waals surface area (Å²) in [6.07, 6.45) is 2.16. The summed E-state index contributed by atoms with van der Waals surface area (Å²) in [7, 11) is 0. The maximum Gasteiger partial charge on any atom is 0.0642 e. The van der Waals surface area contributed by atoms with Crippen molar-refractivity contribution in [2.75, 3.05) is 11.4 Å². The molecule has 0 spiro atoms. The Kier molecular flexibility index (Phi) is 1.76. The average molecular weight is 209 g/mol. The fourth-order valence-corrected chi connectivity index (χ4v) is 2.99. The first-order valence-corrected chi connectivity index (χ1v) is 5.45. The summed E-state index contributed by atoms with van der Waals surface area (Å²) >= 11 is 6.20. The fourth-order valence-electron chi connectivity index (χ4n) is 2.69. The monoisotopic (exact) mass is 208 g/mol. The van der Waals surface area contributed by atoms with Crippen LogP contribution in [0.25, 0.3) is 0 Å². The number of para-hydroxylation sites is 1. The predicted molar refractivity (Wildman–Crippen MR) is 58.9 cm³/mol. The highest BCUT2D eigenvalue weighted by Crippen LogP contribution is 2.41. The van der Waals surface area contributed by atoms with E-state index >= 15 is 0 Å².